The van der Waals surface area contributed by atoms with Gasteiger partial charge in [0.15, 0.2) is 6.29 Å². The Morgan fingerprint density at radius 2 is 1.52 bits per heavy atom. The number of rotatable bonds is 7. The van der Waals surface area contributed by atoms with Crippen molar-refractivity contribution in [2.75, 3.05) is 6.61 Å². The highest BCUT2D eigenvalue weighted by molar-refractivity contribution is 5.20. The standard InChI is InChI=1S/C36H62O8/c1-20(2)10-9-14-36(8,44-31-30(42)29(41)28(40)23(19-37)43-31)21-11-16-35(7)27(21)22(38)18-25-33(5)15-13-26(39)32(3,4)24(33)12-17-34(25,35)6/h10,21-31,37-42H,9,11-19H2,1-8H3/t21-,22?,23+,24-,25+,26?,27-,28+,29-,30+,31-,33-,34+,35+,36-/m0/s1. The molecule has 8 nitrogen and oxygen atoms in total. The minimum atomic E-state index is -1.50. The lowest BCUT2D eigenvalue weighted by Gasteiger charge is -2.70. The number of allylic oxidation sites excluding steroid dienone is 2. The zero-order chi connectivity index (χ0) is 32.6. The van der Waals surface area contributed by atoms with E-state index in [0.29, 0.717) is 18.3 Å². The van der Waals surface area contributed by atoms with Crippen LogP contribution in [0.1, 0.15) is 113 Å². The molecule has 0 radical (unpaired) electrons. The van der Waals surface area contributed by atoms with Crippen molar-refractivity contribution >= 4 is 0 Å². The van der Waals surface area contributed by atoms with Crippen molar-refractivity contribution in [2.24, 2.45) is 45.3 Å². The lowest BCUT2D eigenvalue weighted by atomic mass is 9.35. The van der Waals surface area contributed by atoms with Gasteiger partial charge in [-0.3, -0.25) is 0 Å². The van der Waals surface area contributed by atoms with Gasteiger partial charge in [0.25, 0.3) is 0 Å². The average molecular weight is 623 g/mol. The van der Waals surface area contributed by atoms with E-state index in [9.17, 15) is 30.6 Å². The van der Waals surface area contributed by atoms with Gasteiger partial charge in [-0.15, -0.1) is 0 Å². The quantitative estimate of drug-likeness (QED) is 0.231. The number of hydrogen-bond acceptors (Lipinski definition) is 8. The van der Waals surface area contributed by atoms with E-state index < -0.39 is 49.0 Å². The van der Waals surface area contributed by atoms with Crippen molar-refractivity contribution in [3.05, 3.63) is 11.6 Å². The molecule has 5 fully saturated rings. The third-order valence-corrected chi connectivity index (χ3v) is 14.6. The van der Waals surface area contributed by atoms with Gasteiger partial charge in [0.2, 0.25) is 0 Å². The first-order valence-electron chi connectivity index (χ1n) is 17.3. The van der Waals surface area contributed by atoms with Crippen LogP contribution < -0.4 is 0 Å². The van der Waals surface area contributed by atoms with Crippen LogP contribution >= 0.6 is 0 Å². The first-order valence-corrected chi connectivity index (χ1v) is 17.3. The molecule has 8 heteroatoms. The fraction of sp³-hybridized carbons (Fsp3) is 0.944. The summed E-state index contributed by atoms with van der Waals surface area (Å²) in [5, 5.41) is 65.0. The molecular weight excluding hydrogens is 560 g/mol. The van der Waals surface area contributed by atoms with Gasteiger partial charge in [-0.2, -0.15) is 0 Å². The van der Waals surface area contributed by atoms with E-state index in [-0.39, 0.29) is 39.6 Å². The van der Waals surface area contributed by atoms with E-state index in [0.717, 1.165) is 51.4 Å². The lowest BCUT2D eigenvalue weighted by molar-refractivity contribution is -0.336. The predicted molar refractivity (Wildman–Crippen MR) is 168 cm³/mol. The first-order chi connectivity index (χ1) is 20.4. The summed E-state index contributed by atoms with van der Waals surface area (Å²) >= 11 is 0. The molecular formula is C36H62O8. The van der Waals surface area contributed by atoms with Crippen molar-refractivity contribution in [1.29, 1.82) is 0 Å². The van der Waals surface area contributed by atoms with E-state index in [4.69, 9.17) is 9.47 Å². The van der Waals surface area contributed by atoms with Crippen molar-refractivity contribution in [3.63, 3.8) is 0 Å². The smallest absolute Gasteiger partial charge is 0.187 e. The molecule has 254 valence electrons. The summed E-state index contributed by atoms with van der Waals surface area (Å²) in [7, 11) is 0. The molecule has 5 aliphatic rings. The van der Waals surface area contributed by atoms with Crippen molar-refractivity contribution < 1.29 is 40.1 Å². The van der Waals surface area contributed by atoms with Crippen molar-refractivity contribution in [3.8, 4) is 0 Å². The monoisotopic (exact) mass is 622 g/mol. The fourth-order valence-corrected chi connectivity index (χ4v) is 11.8. The minimum absolute atomic E-state index is 0.0131. The summed E-state index contributed by atoms with van der Waals surface area (Å²) in [6.07, 6.45) is 2.60. The maximum atomic E-state index is 12.2. The van der Waals surface area contributed by atoms with Crippen LogP contribution in [0.25, 0.3) is 0 Å². The van der Waals surface area contributed by atoms with E-state index >= 15 is 0 Å². The number of aliphatic hydroxyl groups is 6. The third-order valence-electron chi connectivity index (χ3n) is 14.6. The first kappa shape index (κ1) is 34.7. The SMILES string of the molecule is CC(C)=CCC[C@](C)(O[C@@H]1O[C@H](CO)[C@@H](O)[C@H](O)[C@H]1O)[C@H]1CC[C@]2(C)[C@@H]1C(O)C[C@@H]1[C@@]3(C)CCC(O)C(C)(C)[C@@H]3CC[C@]12C. The Morgan fingerprint density at radius 3 is 2.16 bits per heavy atom. The van der Waals surface area contributed by atoms with Crippen LogP contribution in [0.4, 0.5) is 0 Å². The van der Waals surface area contributed by atoms with Crippen LogP contribution in [0.2, 0.25) is 0 Å². The minimum Gasteiger partial charge on any atom is -0.394 e. The van der Waals surface area contributed by atoms with Crippen LogP contribution in [-0.2, 0) is 9.47 Å². The Hall–Kier alpha value is -0.580. The summed E-state index contributed by atoms with van der Waals surface area (Å²) in [5.41, 5.74) is 0.171. The second-order valence-electron chi connectivity index (χ2n) is 17.3. The number of fused-ring (bicyclic) bond motifs is 5. The topological polar surface area (TPSA) is 140 Å². The normalized spacial score (nSPS) is 51.5. The summed E-state index contributed by atoms with van der Waals surface area (Å²) in [5.74, 6) is 0.713. The Kier molecular flexibility index (Phi) is 9.35. The molecule has 1 saturated heterocycles. The maximum Gasteiger partial charge on any atom is 0.187 e. The van der Waals surface area contributed by atoms with Gasteiger partial charge in [-0.25, -0.2) is 0 Å². The van der Waals surface area contributed by atoms with Crippen LogP contribution in [0.15, 0.2) is 11.6 Å². The number of ether oxygens (including phenoxy) is 2. The molecule has 4 aliphatic carbocycles. The maximum absolute atomic E-state index is 12.2. The summed E-state index contributed by atoms with van der Waals surface area (Å²) in [4.78, 5) is 0. The number of hydrogen-bond donors (Lipinski definition) is 6. The molecule has 0 spiro atoms. The molecule has 15 atom stereocenters. The van der Waals surface area contributed by atoms with Gasteiger partial charge in [-0.1, -0.05) is 46.3 Å². The second-order valence-corrected chi connectivity index (χ2v) is 17.3. The van der Waals surface area contributed by atoms with Gasteiger partial charge in [0, 0.05) is 0 Å². The highest BCUT2D eigenvalue weighted by atomic mass is 16.7. The second kappa shape index (κ2) is 11.8. The van der Waals surface area contributed by atoms with Gasteiger partial charge in [0.05, 0.1) is 24.4 Å². The van der Waals surface area contributed by atoms with Crippen LogP contribution in [0, 0.1) is 45.3 Å². The molecule has 0 aromatic heterocycles. The Balaban J connectivity index is 1.49. The molecule has 0 aromatic carbocycles. The van der Waals surface area contributed by atoms with E-state index in [1.54, 1.807) is 0 Å². The Morgan fingerprint density at radius 1 is 0.864 bits per heavy atom. The molecule has 0 amide bonds. The zero-order valence-corrected chi connectivity index (χ0v) is 28.5. The highest BCUT2D eigenvalue weighted by Crippen LogP contribution is 2.76. The molecule has 5 rings (SSSR count). The molecule has 2 unspecified atom stereocenters. The van der Waals surface area contributed by atoms with Gasteiger partial charge in [-0.05, 0) is 124 Å². The molecule has 1 aliphatic heterocycles. The van der Waals surface area contributed by atoms with E-state index in [1.807, 2.05) is 0 Å². The predicted octanol–water partition coefficient (Wildman–Crippen LogP) is 4.32. The van der Waals surface area contributed by atoms with Crippen LogP contribution in [0.3, 0.4) is 0 Å². The highest BCUT2D eigenvalue weighted by Gasteiger charge is 2.71. The largest absolute Gasteiger partial charge is 0.394 e. The fourth-order valence-electron chi connectivity index (χ4n) is 11.8. The van der Waals surface area contributed by atoms with Crippen molar-refractivity contribution in [2.45, 2.75) is 162 Å². The van der Waals surface area contributed by atoms with Crippen molar-refractivity contribution in [1.82, 2.24) is 0 Å². The van der Waals surface area contributed by atoms with E-state index in [2.05, 4.69) is 61.5 Å². The zero-order valence-electron chi connectivity index (χ0n) is 28.5. The van der Waals surface area contributed by atoms with Gasteiger partial charge >= 0.3 is 0 Å². The molecule has 44 heavy (non-hydrogen) atoms. The number of aliphatic hydroxyl groups excluding tert-OH is 6. The average Bonchev–Trinajstić information content (AvgIpc) is 3.33. The third kappa shape index (κ3) is 5.17. The molecule has 1 heterocycles. The Labute approximate surface area is 265 Å². The molecule has 0 bridgehead atoms. The van der Waals surface area contributed by atoms with Gasteiger partial charge in [0.1, 0.15) is 24.4 Å². The lowest BCUT2D eigenvalue weighted by Crippen LogP contribution is -2.67. The molecule has 4 saturated carbocycles. The van der Waals surface area contributed by atoms with Gasteiger partial charge < -0.3 is 40.1 Å². The van der Waals surface area contributed by atoms with Crippen LogP contribution in [-0.4, -0.2) is 85.8 Å². The summed E-state index contributed by atoms with van der Waals surface area (Å²) in [6.45, 7) is 17.5. The summed E-state index contributed by atoms with van der Waals surface area (Å²) < 4.78 is 12.6. The molecule has 6 N–H and O–H groups in total. The van der Waals surface area contributed by atoms with E-state index in [1.165, 1.54) is 5.57 Å². The summed E-state index contributed by atoms with van der Waals surface area (Å²) in [6, 6.07) is 0. The molecule has 0 aromatic rings. The van der Waals surface area contributed by atoms with Crippen LogP contribution in [0.5, 0.6) is 0 Å². The Bertz CT molecular complexity index is 1070.